The first kappa shape index (κ1) is 13.8. The van der Waals surface area contributed by atoms with Crippen LogP contribution in [-0.2, 0) is 0 Å². The number of halogens is 1. The first-order valence-electron chi connectivity index (χ1n) is 6.47. The molecule has 0 bridgehead atoms. The summed E-state index contributed by atoms with van der Waals surface area (Å²) >= 11 is 3.55. The molecule has 0 aromatic heterocycles. The Morgan fingerprint density at radius 1 is 1.33 bits per heavy atom. The summed E-state index contributed by atoms with van der Waals surface area (Å²) in [6, 6.07) is 8.09. The Bertz CT molecular complexity index is 399. The van der Waals surface area contributed by atoms with Gasteiger partial charge in [0.15, 0.2) is 0 Å². The molecule has 1 aromatic rings. The Balaban J connectivity index is 2.15. The normalized spacial score (nSPS) is 25.7. The molecular weight excluding hydrogens is 292 g/mol. The lowest BCUT2D eigenvalue weighted by Crippen LogP contribution is -2.43. The van der Waals surface area contributed by atoms with E-state index in [2.05, 4.69) is 39.3 Å². The van der Waals surface area contributed by atoms with E-state index < -0.39 is 0 Å². The van der Waals surface area contributed by atoms with Gasteiger partial charge in [-0.05, 0) is 60.9 Å². The van der Waals surface area contributed by atoms with Crippen molar-refractivity contribution in [3.8, 4) is 0 Å². The first-order valence-corrected chi connectivity index (χ1v) is 7.27. The monoisotopic (exact) mass is 312 g/mol. The molecular formula is C14H21BrN2O. The number of benzene rings is 1. The zero-order valence-corrected chi connectivity index (χ0v) is 12.4. The van der Waals surface area contributed by atoms with Gasteiger partial charge >= 0.3 is 0 Å². The molecule has 0 amide bonds. The Morgan fingerprint density at radius 2 is 2.11 bits per heavy atom. The second-order valence-corrected chi connectivity index (χ2v) is 6.05. The molecule has 0 spiro atoms. The fourth-order valence-corrected chi connectivity index (χ4v) is 2.88. The minimum Gasteiger partial charge on any atom is -0.394 e. The van der Waals surface area contributed by atoms with Crippen LogP contribution >= 0.6 is 15.9 Å². The number of nitrogens with zero attached hydrogens (tertiary/aromatic N) is 1. The van der Waals surface area contributed by atoms with Crippen LogP contribution in [-0.4, -0.2) is 42.3 Å². The van der Waals surface area contributed by atoms with Gasteiger partial charge in [-0.2, -0.15) is 0 Å². The molecule has 0 saturated carbocycles. The Labute approximate surface area is 117 Å². The molecule has 2 rings (SSSR count). The summed E-state index contributed by atoms with van der Waals surface area (Å²) in [7, 11) is 2.14. The lowest BCUT2D eigenvalue weighted by Gasteiger charge is -2.33. The van der Waals surface area contributed by atoms with Gasteiger partial charge in [0, 0.05) is 16.7 Å². The van der Waals surface area contributed by atoms with Crippen LogP contribution in [0.1, 0.15) is 19.3 Å². The highest BCUT2D eigenvalue weighted by Crippen LogP contribution is 2.30. The third kappa shape index (κ3) is 3.25. The van der Waals surface area contributed by atoms with E-state index in [1.54, 1.807) is 0 Å². The fraction of sp³-hybridized carbons (Fsp3) is 0.571. The number of nitrogens with one attached hydrogen (secondary N) is 1. The maximum absolute atomic E-state index is 9.81. The van der Waals surface area contributed by atoms with Gasteiger partial charge in [0.25, 0.3) is 0 Å². The van der Waals surface area contributed by atoms with Crippen molar-refractivity contribution in [2.45, 2.75) is 24.8 Å². The van der Waals surface area contributed by atoms with E-state index in [1.807, 2.05) is 18.2 Å². The van der Waals surface area contributed by atoms with Gasteiger partial charge in [-0.1, -0.05) is 12.1 Å². The van der Waals surface area contributed by atoms with E-state index in [0.717, 1.165) is 42.5 Å². The van der Waals surface area contributed by atoms with Crippen LogP contribution in [0.5, 0.6) is 0 Å². The topological polar surface area (TPSA) is 35.5 Å². The standard InChI is InChI=1S/C14H21BrN2O/c1-17-9-4-7-14(11-18,8-10-17)16-13-6-3-2-5-12(13)15/h2-3,5-6,16,18H,4,7-11H2,1H3. The molecule has 1 saturated heterocycles. The number of likely N-dealkylation sites (tertiary alicyclic amines) is 1. The van der Waals surface area contributed by atoms with Gasteiger partial charge < -0.3 is 15.3 Å². The number of para-hydroxylation sites is 1. The van der Waals surface area contributed by atoms with Crippen molar-refractivity contribution in [1.29, 1.82) is 0 Å². The van der Waals surface area contributed by atoms with Crippen LogP contribution in [0.4, 0.5) is 5.69 Å². The highest BCUT2D eigenvalue weighted by atomic mass is 79.9. The molecule has 4 heteroatoms. The maximum Gasteiger partial charge on any atom is 0.0662 e. The molecule has 1 aliphatic rings. The average Bonchev–Trinajstić information content (AvgIpc) is 2.56. The second kappa shape index (κ2) is 6.04. The summed E-state index contributed by atoms with van der Waals surface area (Å²) in [6.45, 7) is 2.32. The first-order chi connectivity index (χ1) is 8.65. The van der Waals surface area contributed by atoms with E-state index in [-0.39, 0.29) is 12.1 Å². The summed E-state index contributed by atoms with van der Waals surface area (Å²) in [6.07, 6.45) is 3.10. The number of anilines is 1. The molecule has 1 atom stereocenters. The van der Waals surface area contributed by atoms with Gasteiger partial charge in [-0.15, -0.1) is 0 Å². The molecule has 1 aliphatic heterocycles. The SMILES string of the molecule is CN1CCCC(CO)(Nc2ccccc2Br)CC1. The molecule has 1 fully saturated rings. The predicted molar refractivity (Wildman–Crippen MR) is 78.9 cm³/mol. The third-order valence-electron chi connectivity index (χ3n) is 3.74. The number of hydrogen-bond acceptors (Lipinski definition) is 3. The molecule has 18 heavy (non-hydrogen) atoms. The lowest BCUT2D eigenvalue weighted by molar-refractivity contribution is 0.195. The van der Waals surface area contributed by atoms with Crippen molar-refractivity contribution in [3.05, 3.63) is 28.7 Å². The summed E-state index contributed by atoms with van der Waals surface area (Å²) in [5.74, 6) is 0. The van der Waals surface area contributed by atoms with Crippen molar-refractivity contribution in [2.75, 3.05) is 32.1 Å². The predicted octanol–water partition coefficient (Wildman–Crippen LogP) is 2.71. The maximum atomic E-state index is 9.81. The summed E-state index contributed by atoms with van der Waals surface area (Å²) in [4.78, 5) is 2.33. The molecule has 100 valence electrons. The number of hydrogen-bond donors (Lipinski definition) is 2. The highest BCUT2D eigenvalue weighted by molar-refractivity contribution is 9.10. The quantitative estimate of drug-likeness (QED) is 0.901. The second-order valence-electron chi connectivity index (χ2n) is 5.20. The number of aliphatic hydroxyl groups excluding tert-OH is 1. The fourth-order valence-electron chi connectivity index (χ4n) is 2.50. The minimum absolute atomic E-state index is 0.183. The van der Waals surface area contributed by atoms with Gasteiger partial charge in [-0.3, -0.25) is 0 Å². The van der Waals surface area contributed by atoms with Crippen LogP contribution in [0.2, 0.25) is 0 Å². The number of aliphatic hydroxyl groups is 1. The molecule has 2 N–H and O–H groups in total. The van der Waals surface area contributed by atoms with Gasteiger partial charge in [-0.25, -0.2) is 0 Å². The Morgan fingerprint density at radius 3 is 2.83 bits per heavy atom. The highest BCUT2D eigenvalue weighted by Gasteiger charge is 2.31. The van der Waals surface area contributed by atoms with Crippen LogP contribution in [0.3, 0.4) is 0 Å². The van der Waals surface area contributed by atoms with E-state index in [0.29, 0.717) is 0 Å². The van der Waals surface area contributed by atoms with Gasteiger partial charge in [0.1, 0.15) is 0 Å². The van der Waals surface area contributed by atoms with Crippen LogP contribution < -0.4 is 5.32 Å². The molecule has 0 aliphatic carbocycles. The molecule has 1 heterocycles. The van der Waals surface area contributed by atoms with Gasteiger partial charge in [0.2, 0.25) is 0 Å². The summed E-state index contributed by atoms with van der Waals surface area (Å²) < 4.78 is 1.05. The van der Waals surface area contributed by atoms with Crippen molar-refractivity contribution in [2.24, 2.45) is 0 Å². The zero-order chi connectivity index (χ0) is 13.0. The zero-order valence-electron chi connectivity index (χ0n) is 10.8. The molecule has 1 aromatic carbocycles. The lowest BCUT2D eigenvalue weighted by atomic mass is 9.91. The summed E-state index contributed by atoms with van der Waals surface area (Å²) in [5, 5.41) is 13.4. The van der Waals surface area contributed by atoms with Crippen LogP contribution in [0, 0.1) is 0 Å². The molecule has 0 radical (unpaired) electrons. The smallest absolute Gasteiger partial charge is 0.0662 e. The van der Waals surface area contributed by atoms with Crippen LogP contribution in [0.15, 0.2) is 28.7 Å². The van der Waals surface area contributed by atoms with E-state index in [9.17, 15) is 5.11 Å². The van der Waals surface area contributed by atoms with Gasteiger partial charge in [0.05, 0.1) is 12.1 Å². The van der Waals surface area contributed by atoms with E-state index >= 15 is 0 Å². The molecule has 3 nitrogen and oxygen atoms in total. The minimum atomic E-state index is -0.186. The third-order valence-corrected chi connectivity index (χ3v) is 4.44. The van der Waals surface area contributed by atoms with E-state index in [4.69, 9.17) is 0 Å². The number of rotatable bonds is 3. The summed E-state index contributed by atoms with van der Waals surface area (Å²) in [5.41, 5.74) is 0.880. The Kier molecular flexibility index (Phi) is 4.65. The average molecular weight is 313 g/mol. The van der Waals surface area contributed by atoms with Crippen molar-refractivity contribution in [1.82, 2.24) is 4.90 Å². The van der Waals surface area contributed by atoms with Crippen molar-refractivity contribution in [3.63, 3.8) is 0 Å². The van der Waals surface area contributed by atoms with Crippen LogP contribution in [0.25, 0.3) is 0 Å². The van der Waals surface area contributed by atoms with Crippen molar-refractivity contribution < 1.29 is 5.11 Å². The Hall–Kier alpha value is -0.580. The van der Waals surface area contributed by atoms with E-state index in [1.165, 1.54) is 0 Å². The molecule has 1 unspecified atom stereocenters. The van der Waals surface area contributed by atoms with Crippen molar-refractivity contribution >= 4 is 21.6 Å². The largest absolute Gasteiger partial charge is 0.394 e.